The first-order chi connectivity index (χ1) is 8.93. The van der Waals surface area contributed by atoms with E-state index in [-0.39, 0.29) is 0 Å². The van der Waals surface area contributed by atoms with Gasteiger partial charge in [0.1, 0.15) is 0 Å². The zero-order valence-corrected chi connectivity index (χ0v) is 10.2. The van der Waals surface area contributed by atoms with Crippen LogP contribution in [0.25, 0.3) is 5.57 Å². The van der Waals surface area contributed by atoms with Gasteiger partial charge in [-0.15, -0.1) is 0 Å². The van der Waals surface area contributed by atoms with E-state index in [4.69, 9.17) is 0 Å². The molecule has 0 spiro atoms. The average Bonchev–Trinajstić information content (AvgIpc) is 2.49. The Bertz CT molecular complexity index is 567. The van der Waals surface area contributed by atoms with Gasteiger partial charge in [0, 0.05) is 18.4 Å². The summed E-state index contributed by atoms with van der Waals surface area (Å²) in [6.07, 6.45) is 6.61. The molecule has 0 radical (unpaired) electrons. The maximum Gasteiger partial charge on any atom is 0.0409 e. The van der Waals surface area contributed by atoms with Crippen molar-refractivity contribution in [2.24, 2.45) is 0 Å². The maximum absolute atomic E-state index is 2.27. The molecule has 0 N–H and O–H groups in total. The van der Waals surface area contributed by atoms with Gasteiger partial charge in [0.15, 0.2) is 0 Å². The number of benzene rings is 2. The lowest BCUT2D eigenvalue weighted by Gasteiger charge is -2.23. The summed E-state index contributed by atoms with van der Waals surface area (Å²) in [5.74, 6) is 0. The number of hydrogen-bond acceptors (Lipinski definition) is 1. The van der Waals surface area contributed by atoms with Crippen LogP contribution >= 0.6 is 0 Å². The first-order valence-electron chi connectivity index (χ1n) is 6.19. The van der Waals surface area contributed by atoms with Crippen LogP contribution in [-0.2, 0) is 0 Å². The molecule has 1 heterocycles. The van der Waals surface area contributed by atoms with Crippen LogP contribution in [0.2, 0.25) is 0 Å². The molecule has 0 atom stereocenters. The molecule has 1 aliphatic rings. The minimum absolute atomic E-state index is 0.931. The number of hydrogen-bond donors (Lipinski definition) is 0. The smallest absolute Gasteiger partial charge is 0.0409 e. The van der Waals surface area contributed by atoms with Gasteiger partial charge in [-0.2, -0.15) is 0 Å². The van der Waals surface area contributed by atoms with Crippen molar-refractivity contribution in [3.8, 4) is 0 Å². The predicted octanol–water partition coefficient (Wildman–Crippen LogP) is 4.10. The monoisotopic (exact) mass is 233 g/mol. The van der Waals surface area contributed by atoms with Crippen molar-refractivity contribution in [3.63, 3.8) is 0 Å². The largest absolute Gasteiger partial charge is 0.344 e. The number of anilines is 1. The fourth-order valence-corrected chi connectivity index (χ4v) is 2.16. The number of nitrogens with zero attached hydrogens (tertiary/aromatic N) is 1. The van der Waals surface area contributed by atoms with Crippen molar-refractivity contribution in [3.05, 3.63) is 84.6 Å². The lowest BCUT2D eigenvalue weighted by molar-refractivity contribution is 1.08. The molecule has 0 amide bonds. The molecule has 1 nitrogen and oxygen atoms in total. The van der Waals surface area contributed by atoms with Gasteiger partial charge in [0.2, 0.25) is 0 Å². The van der Waals surface area contributed by atoms with E-state index >= 15 is 0 Å². The van der Waals surface area contributed by atoms with Crippen molar-refractivity contribution in [2.45, 2.75) is 0 Å². The fourth-order valence-electron chi connectivity index (χ4n) is 2.16. The van der Waals surface area contributed by atoms with Crippen LogP contribution in [0.15, 0.2) is 79.0 Å². The SMILES string of the molecule is C1=CC(c2ccccc2)=CN(c2ccccc2)C1. The molecular formula is C17H15N. The van der Waals surface area contributed by atoms with Crippen molar-refractivity contribution in [2.75, 3.05) is 11.4 Å². The van der Waals surface area contributed by atoms with Crippen LogP contribution in [0.1, 0.15) is 5.56 Å². The van der Waals surface area contributed by atoms with Gasteiger partial charge in [-0.1, -0.05) is 60.7 Å². The maximum atomic E-state index is 2.27. The van der Waals surface area contributed by atoms with E-state index in [0.29, 0.717) is 0 Å². The van der Waals surface area contributed by atoms with E-state index in [2.05, 4.69) is 71.8 Å². The second-order valence-corrected chi connectivity index (χ2v) is 4.34. The summed E-state index contributed by atoms with van der Waals surface area (Å²) in [5.41, 5.74) is 3.75. The zero-order valence-electron chi connectivity index (χ0n) is 10.2. The van der Waals surface area contributed by atoms with Crippen LogP contribution in [-0.4, -0.2) is 6.54 Å². The molecule has 0 bridgehead atoms. The Morgan fingerprint density at radius 2 is 1.44 bits per heavy atom. The van der Waals surface area contributed by atoms with E-state index < -0.39 is 0 Å². The summed E-state index contributed by atoms with van der Waals surface area (Å²) >= 11 is 0. The standard InChI is InChI=1S/C17H15N/c1-3-8-15(9-4-1)16-10-7-13-18(14-16)17-11-5-2-6-12-17/h1-12,14H,13H2. The van der Waals surface area contributed by atoms with Crippen LogP contribution in [0.3, 0.4) is 0 Å². The first kappa shape index (κ1) is 10.8. The molecule has 88 valence electrons. The molecule has 1 aliphatic heterocycles. The quantitative estimate of drug-likeness (QED) is 0.754. The third-order valence-electron chi connectivity index (χ3n) is 3.09. The summed E-state index contributed by atoms with van der Waals surface area (Å²) in [7, 11) is 0. The van der Waals surface area contributed by atoms with Crippen LogP contribution in [0, 0.1) is 0 Å². The van der Waals surface area contributed by atoms with E-state index in [1.165, 1.54) is 16.8 Å². The Hall–Kier alpha value is -2.28. The summed E-state index contributed by atoms with van der Waals surface area (Å²) < 4.78 is 0. The molecule has 0 aromatic heterocycles. The Kier molecular flexibility index (Phi) is 2.97. The third kappa shape index (κ3) is 2.21. The Morgan fingerprint density at radius 1 is 0.778 bits per heavy atom. The predicted molar refractivity (Wildman–Crippen MR) is 77.3 cm³/mol. The van der Waals surface area contributed by atoms with Gasteiger partial charge in [-0.3, -0.25) is 0 Å². The van der Waals surface area contributed by atoms with E-state index in [1.807, 2.05) is 12.1 Å². The molecule has 0 unspecified atom stereocenters. The Balaban J connectivity index is 1.93. The van der Waals surface area contributed by atoms with Crippen LogP contribution < -0.4 is 4.90 Å². The Labute approximate surface area is 108 Å². The van der Waals surface area contributed by atoms with Crippen molar-refractivity contribution < 1.29 is 0 Å². The topological polar surface area (TPSA) is 3.24 Å². The summed E-state index contributed by atoms with van der Waals surface area (Å²) in [5, 5.41) is 0. The highest BCUT2D eigenvalue weighted by atomic mass is 15.1. The lowest BCUT2D eigenvalue weighted by Crippen LogP contribution is -2.18. The summed E-state index contributed by atoms with van der Waals surface area (Å²) in [6.45, 7) is 0.931. The van der Waals surface area contributed by atoms with E-state index in [0.717, 1.165) is 6.54 Å². The van der Waals surface area contributed by atoms with E-state index in [9.17, 15) is 0 Å². The number of allylic oxidation sites excluding steroid dienone is 2. The van der Waals surface area contributed by atoms with Crippen LogP contribution in [0.5, 0.6) is 0 Å². The zero-order chi connectivity index (χ0) is 12.2. The van der Waals surface area contributed by atoms with Crippen molar-refractivity contribution >= 4 is 11.3 Å². The van der Waals surface area contributed by atoms with Crippen LogP contribution in [0.4, 0.5) is 5.69 Å². The molecule has 2 aromatic rings. The van der Waals surface area contributed by atoms with Gasteiger partial charge in [-0.05, 0) is 23.3 Å². The molecule has 3 rings (SSSR count). The van der Waals surface area contributed by atoms with E-state index in [1.54, 1.807) is 0 Å². The third-order valence-corrected chi connectivity index (χ3v) is 3.09. The minimum Gasteiger partial charge on any atom is -0.344 e. The normalized spacial score (nSPS) is 14.4. The molecule has 18 heavy (non-hydrogen) atoms. The average molecular weight is 233 g/mol. The highest BCUT2D eigenvalue weighted by Crippen LogP contribution is 2.23. The molecule has 0 aliphatic carbocycles. The molecule has 0 fully saturated rings. The number of para-hydroxylation sites is 1. The van der Waals surface area contributed by atoms with Gasteiger partial charge in [-0.25, -0.2) is 0 Å². The van der Waals surface area contributed by atoms with Gasteiger partial charge in [0.25, 0.3) is 0 Å². The number of rotatable bonds is 2. The van der Waals surface area contributed by atoms with Gasteiger partial charge < -0.3 is 4.90 Å². The lowest BCUT2D eigenvalue weighted by atomic mass is 10.0. The second kappa shape index (κ2) is 4.92. The van der Waals surface area contributed by atoms with Gasteiger partial charge >= 0.3 is 0 Å². The van der Waals surface area contributed by atoms with Crippen molar-refractivity contribution in [1.29, 1.82) is 0 Å². The summed E-state index contributed by atoms with van der Waals surface area (Å²) in [6, 6.07) is 21.0. The minimum atomic E-state index is 0.931. The second-order valence-electron chi connectivity index (χ2n) is 4.34. The van der Waals surface area contributed by atoms with Crippen molar-refractivity contribution in [1.82, 2.24) is 0 Å². The molecule has 0 saturated carbocycles. The highest BCUT2D eigenvalue weighted by molar-refractivity contribution is 5.78. The summed E-state index contributed by atoms with van der Waals surface area (Å²) in [4.78, 5) is 2.27. The fraction of sp³-hybridized carbons (Fsp3) is 0.0588. The molecule has 0 saturated heterocycles. The molecule has 1 heteroatoms. The molecule has 2 aromatic carbocycles. The van der Waals surface area contributed by atoms with Gasteiger partial charge in [0.05, 0.1) is 0 Å². The highest BCUT2D eigenvalue weighted by Gasteiger charge is 2.08. The first-order valence-corrected chi connectivity index (χ1v) is 6.19. The molecular weight excluding hydrogens is 218 g/mol. The Morgan fingerprint density at radius 3 is 2.17 bits per heavy atom.